The third-order valence-corrected chi connectivity index (χ3v) is 3.99. The topological polar surface area (TPSA) is 24.5 Å². The molecule has 0 aromatic heterocycles. The number of morpholine rings is 1. The van der Waals surface area contributed by atoms with Crippen LogP contribution in [0.15, 0.2) is 24.3 Å². The van der Waals surface area contributed by atoms with Crippen LogP contribution in [0.2, 0.25) is 0 Å². The van der Waals surface area contributed by atoms with Crippen molar-refractivity contribution in [2.45, 2.75) is 32.4 Å². The second-order valence-corrected chi connectivity index (χ2v) is 6.06. The fraction of sp³-hybridized carbons (Fsp3) is 0.625. The predicted molar refractivity (Wildman–Crippen MR) is 79.6 cm³/mol. The molecule has 5 heteroatoms. The van der Waals surface area contributed by atoms with Crippen LogP contribution >= 0.6 is 0 Å². The Kier molecular flexibility index (Phi) is 5.67. The van der Waals surface area contributed by atoms with Crippen LogP contribution in [-0.4, -0.2) is 43.3 Å². The molecule has 0 bridgehead atoms. The highest BCUT2D eigenvalue weighted by molar-refractivity contribution is 5.23. The molecule has 0 saturated carbocycles. The molecule has 1 aromatic rings. The number of rotatable bonds is 6. The molecule has 1 N–H and O–H groups in total. The van der Waals surface area contributed by atoms with Crippen LogP contribution in [0.25, 0.3) is 0 Å². The van der Waals surface area contributed by atoms with E-state index in [4.69, 9.17) is 4.74 Å². The Morgan fingerprint density at radius 3 is 2.38 bits per heavy atom. The van der Waals surface area contributed by atoms with Gasteiger partial charge in [-0.05, 0) is 19.4 Å². The largest absolute Gasteiger partial charge is 0.379 e. The Morgan fingerprint density at radius 2 is 1.81 bits per heavy atom. The van der Waals surface area contributed by atoms with Crippen LogP contribution in [0.4, 0.5) is 8.78 Å². The zero-order chi connectivity index (χ0) is 15.3. The Balaban J connectivity index is 1.80. The van der Waals surface area contributed by atoms with Crippen molar-refractivity contribution < 1.29 is 13.5 Å². The molecule has 0 unspecified atom stereocenters. The van der Waals surface area contributed by atoms with Gasteiger partial charge in [0.2, 0.25) is 0 Å². The van der Waals surface area contributed by atoms with Crippen molar-refractivity contribution in [2.75, 3.05) is 32.8 Å². The van der Waals surface area contributed by atoms with Gasteiger partial charge in [0.1, 0.15) is 0 Å². The standard InChI is InChI=1S/C16H24F2N2O/c1-16(2,20-7-9-21-10-8-20)12-19-11-13-3-5-14(6-4-13)15(17)18/h3-6,15,19H,7-12H2,1-2H3. The van der Waals surface area contributed by atoms with E-state index < -0.39 is 6.43 Å². The number of nitrogens with one attached hydrogen (secondary N) is 1. The number of hydrogen-bond donors (Lipinski definition) is 1. The van der Waals surface area contributed by atoms with Gasteiger partial charge in [0, 0.05) is 37.3 Å². The third kappa shape index (κ3) is 4.73. The van der Waals surface area contributed by atoms with Gasteiger partial charge < -0.3 is 10.1 Å². The van der Waals surface area contributed by atoms with Crippen molar-refractivity contribution in [3.8, 4) is 0 Å². The zero-order valence-electron chi connectivity index (χ0n) is 12.7. The van der Waals surface area contributed by atoms with E-state index in [2.05, 4.69) is 24.1 Å². The van der Waals surface area contributed by atoms with Crippen molar-refractivity contribution in [3.05, 3.63) is 35.4 Å². The van der Waals surface area contributed by atoms with Gasteiger partial charge in [-0.15, -0.1) is 0 Å². The lowest BCUT2D eigenvalue weighted by Crippen LogP contribution is -2.54. The van der Waals surface area contributed by atoms with Crippen LogP contribution < -0.4 is 5.32 Å². The fourth-order valence-corrected chi connectivity index (χ4v) is 2.57. The molecular weight excluding hydrogens is 274 g/mol. The van der Waals surface area contributed by atoms with Gasteiger partial charge in [-0.1, -0.05) is 24.3 Å². The first-order valence-corrected chi connectivity index (χ1v) is 7.39. The average molecular weight is 298 g/mol. The molecule has 1 aliphatic heterocycles. The fourth-order valence-electron chi connectivity index (χ4n) is 2.57. The molecule has 0 amide bonds. The molecule has 1 aromatic carbocycles. The minimum Gasteiger partial charge on any atom is -0.379 e. The Hall–Kier alpha value is -1.04. The summed E-state index contributed by atoms with van der Waals surface area (Å²) >= 11 is 0. The average Bonchev–Trinajstić information content (AvgIpc) is 2.48. The second kappa shape index (κ2) is 7.29. The molecule has 3 nitrogen and oxygen atoms in total. The van der Waals surface area contributed by atoms with Gasteiger partial charge in [0.05, 0.1) is 13.2 Å². The third-order valence-electron chi connectivity index (χ3n) is 3.99. The highest BCUT2D eigenvalue weighted by Crippen LogP contribution is 2.19. The highest BCUT2D eigenvalue weighted by atomic mass is 19.3. The summed E-state index contributed by atoms with van der Waals surface area (Å²) in [5.74, 6) is 0. The van der Waals surface area contributed by atoms with Crippen molar-refractivity contribution in [1.82, 2.24) is 10.2 Å². The smallest absolute Gasteiger partial charge is 0.263 e. The molecule has 0 radical (unpaired) electrons. The maximum atomic E-state index is 12.5. The summed E-state index contributed by atoms with van der Waals surface area (Å²) in [7, 11) is 0. The first-order chi connectivity index (χ1) is 9.99. The number of halogens is 2. The number of hydrogen-bond acceptors (Lipinski definition) is 3. The van der Waals surface area contributed by atoms with Gasteiger partial charge in [0.25, 0.3) is 6.43 Å². The molecule has 1 saturated heterocycles. The van der Waals surface area contributed by atoms with Crippen LogP contribution in [0.5, 0.6) is 0 Å². The van der Waals surface area contributed by atoms with E-state index in [9.17, 15) is 8.78 Å². The monoisotopic (exact) mass is 298 g/mol. The minimum atomic E-state index is -2.40. The quantitative estimate of drug-likeness (QED) is 0.874. The van der Waals surface area contributed by atoms with E-state index in [0.717, 1.165) is 38.4 Å². The van der Waals surface area contributed by atoms with Gasteiger partial charge in [-0.3, -0.25) is 4.90 Å². The number of benzene rings is 1. The summed E-state index contributed by atoms with van der Waals surface area (Å²) in [5.41, 5.74) is 1.16. The molecule has 118 valence electrons. The predicted octanol–water partition coefficient (Wildman–Crippen LogP) is 2.82. The second-order valence-electron chi connectivity index (χ2n) is 6.06. The molecule has 0 atom stereocenters. The first-order valence-electron chi connectivity index (χ1n) is 7.39. The Morgan fingerprint density at radius 1 is 1.19 bits per heavy atom. The maximum absolute atomic E-state index is 12.5. The highest BCUT2D eigenvalue weighted by Gasteiger charge is 2.27. The summed E-state index contributed by atoms with van der Waals surface area (Å²) in [5, 5.41) is 3.42. The lowest BCUT2D eigenvalue weighted by molar-refractivity contribution is -0.00966. The summed E-state index contributed by atoms with van der Waals surface area (Å²) in [4.78, 5) is 2.42. The molecular formula is C16H24F2N2O. The molecule has 1 fully saturated rings. The van der Waals surface area contributed by atoms with E-state index in [0.29, 0.717) is 6.54 Å². The van der Waals surface area contributed by atoms with E-state index in [1.807, 2.05) is 0 Å². The maximum Gasteiger partial charge on any atom is 0.263 e. The lowest BCUT2D eigenvalue weighted by Gasteiger charge is -2.41. The Bertz CT molecular complexity index is 428. The van der Waals surface area contributed by atoms with Crippen molar-refractivity contribution in [3.63, 3.8) is 0 Å². The summed E-state index contributed by atoms with van der Waals surface area (Å²) in [6, 6.07) is 6.51. The Labute approximate surface area is 125 Å². The summed E-state index contributed by atoms with van der Waals surface area (Å²) in [6.07, 6.45) is -2.40. The van der Waals surface area contributed by atoms with Crippen LogP contribution in [-0.2, 0) is 11.3 Å². The molecule has 0 spiro atoms. The number of alkyl halides is 2. The van der Waals surface area contributed by atoms with Crippen LogP contribution in [0.1, 0.15) is 31.4 Å². The van der Waals surface area contributed by atoms with Gasteiger partial charge in [-0.25, -0.2) is 8.78 Å². The van der Waals surface area contributed by atoms with E-state index in [-0.39, 0.29) is 11.1 Å². The zero-order valence-corrected chi connectivity index (χ0v) is 12.7. The SMILES string of the molecule is CC(C)(CNCc1ccc(C(F)F)cc1)N1CCOCC1. The molecule has 0 aliphatic carbocycles. The van der Waals surface area contributed by atoms with E-state index >= 15 is 0 Å². The summed E-state index contributed by atoms with van der Waals surface area (Å²) in [6.45, 7) is 9.46. The normalized spacial score (nSPS) is 17.4. The van der Waals surface area contributed by atoms with Crippen LogP contribution in [0, 0.1) is 0 Å². The number of ether oxygens (including phenoxy) is 1. The lowest BCUT2D eigenvalue weighted by atomic mass is 10.0. The number of nitrogens with zero attached hydrogens (tertiary/aromatic N) is 1. The molecule has 1 aliphatic rings. The first kappa shape index (κ1) is 16.3. The minimum absolute atomic E-state index is 0.0622. The van der Waals surface area contributed by atoms with Crippen molar-refractivity contribution in [1.29, 1.82) is 0 Å². The van der Waals surface area contributed by atoms with Crippen molar-refractivity contribution in [2.24, 2.45) is 0 Å². The summed E-state index contributed by atoms with van der Waals surface area (Å²) < 4.78 is 30.3. The van der Waals surface area contributed by atoms with Gasteiger partial charge in [-0.2, -0.15) is 0 Å². The van der Waals surface area contributed by atoms with E-state index in [1.165, 1.54) is 12.1 Å². The molecule has 21 heavy (non-hydrogen) atoms. The van der Waals surface area contributed by atoms with Gasteiger partial charge in [0.15, 0.2) is 0 Å². The van der Waals surface area contributed by atoms with E-state index in [1.54, 1.807) is 12.1 Å². The molecule has 2 rings (SSSR count). The van der Waals surface area contributed by atoms with Crippen LogP contribution in [0.3, 0.4) is 0 Å². The molecule has 1 heterocycles. The van der Waals surface area contributed by atoms with Crippen molar-refractivity contribution >= 4 is 0 Å². The van der Waals surface area contributed by atoms with Gasteiger partial charge >= 0.3 is 0 Å².